The van der Waals surface area contributed by atoms with Crippen molar-refractivity contribution >= 4 is 21.6 Å². The van der Waals surface area contributed by atoms with Crippen molar-refractivity contribution in [1.82, 2.24) is 0 Å². The highest BCUT2D eigenvalue weighted by atomic mass is 79.9. The van der Waals surface area contributed by atoms with Gasteiger partial charge in [-0.2, -0.15) is 0 Å². The van der Waals surface area contributed by atoms with Crippen LogP contribution >= 0.6 is 15.9 Å². The average molecular weight is 350 g/mol. The maximum Gasteiger partial charge on any atom is 0.124 e. The number of ether oxygens (including phenoxy) is 2. The highest BCUT2D eigenvalue weighted by molar-refractivity contribution is 9.10. The van der Waals surface area contributed by atoms with E-state index >= 15 is 0 Å². The lowest BCUT2D eigenvalue weighted by Crippen LogP contribution is -2.09. The van der Waals surface area contributed by atoms with Gasteiger partial charge in [-0.1, -0.05) is 18.2 Å². The van der Waals surface area contributed by atoms with Crippen LogP contribution in [0.5, 0.6) is 11.5 Å². The van der Waals surface area contributed by atoms with Crippen molar-refractivity contribution in [3.8, 4) is 11.5 Å². The lowest BCUT2D eigenvalue weighted by atomic mass is 10.2. The Kier molecular flexibility index (Phi) is 5.51. The molecule has 2 aromatic carbocycles. The zero-order valence-electron chi connectivity index (χ0n) is 12.5. The Hall–Kier alpha value is -1.68. The fraction of sp³-hybridized carbons (Fsp3) is 0.294. The number of halogens is 1. The monoisotopic (exact) mass is 349 g/mol. The van der Waals surface area contributed by atoms with E-state index in [4.69, 9.17) is 9.47 Å². The number of para-hydroxylation sites is 1. The van der Waals surface area contributed by atoms with Crippen molar-refractivity contribution in [1.29, 1.82) is 0 Å². The van der Waals surface area contributed by atoms with E-state index in [1.807, 2.05) is 50.2 Å². The summed E-state index contributed by atoms with van der Waals surface area (Å²) in [5.41, 5.74) is 2.12. The van der Waals surface area contributed by atoms with Crippen molar-refractivity contribution in [2.75, 3.05) is 12.4 Å². The summed E-state index contributed by atoms with van der Waals surface area (Å²) in [6, 6.07) is 13.9. The zero-order chi connectivity index (χ0) is 15.2. The van der Waals surface area contributed by atoms with E-state index in [0.29, 0.717) is 6.54 Å². The van der Waals surface area contributed by atoms with Crippen LogP contribution in [0, 0.1) is 0 Å². The number of methoxy groups -OCH3 is 1. The average Bonchev–Trinajstić information content (AvgIpc) is 2.47. The minimum absolute atomic E-state index is 0.162. The molecule has 0 aliphatic rings. The minimum Gasteiger partial charge on any atom is -0.497 e. The normalized spacial score (nSPS) is 10.5. The maximum atomic E-state index is 5.83. The fourth-order valence-corrected chi connectivity index (χ4v) is 2.36. The molecule has 2 rings (SSSR count). The van der Waals surface area contributed by atoms with Gasteiger partial charge in [-0.3, -0.25) is 0 Å². The molecule has 112 valence electrons. The summed E-state index contributed by atoms with van der Waals surface area (Å²) in [5, 5.41) is 3.41. The second-order valence-corrected chi connectivity index (χ2v) is 5.83. The first-order valence-electron chi connectivity index (χ1n) is 6.92. The largest absolute Gasteiger partial charge is 0.497 e. The first-order valence-corrected chi connectivity index (χ1v) is 7.71. The standard InChI is InChI=1S/C17H20BrNO2/c1-12(2)21-17-7-5-4-6-13(17)11-19-16-10-14(20-3)8-9-15(16)18/h4-10,12,19H,11H2,1-3H3. The maximum absolute atomic E-state index is 5.83. The number of rotatable bonds is 6. The summed E-state index contributed by atoms with van der Waals surface area (Å²) in [6.45, 7) is 4.75. The Bertz CT molecular complexity index is 599. The fourth-order valence-electron chi connectivity index (χ4n) is 1.98. The number of nitrogens with one attached hydrogen (secondary N) is 1. The van der Waals surface area contributed by atoms with Crippen LogP contribution in [0.25, 0.3) is 0 Å². The summed E-state index contributed by atoms with van der Waals surface area (Å²) in [5.74, 6) is 1.74. The molecule has 0 atom stereocenters. The molecule has 0 saturated heterocycles. The quantitative estimate of drug-likeness (QED) is 0.807. The van der Waals surface area contributed by atoms with Gasteiger partial charge in [0.1, 0.15) is 11.5 Å². The van der Waals surface area contributed by atoms with Gasteiger partial charge in [0.05, 0.1) is 18.9 Å². The zero-order valence-corrected chi connectivity index (χ0v) is 14.1. The predicted molar refractivity (Wildman–Crippen MR) is 90.2 cm³/mol. The van der Waals surface area contributed by atoms with Crippen molar-refractivity contribution < 1.29 is 9.47 Å². The number of benzene rings is 2. The molecule has 3 nitrogen and oxygen atoms in total. The van der Waals surface area contributed by atoms with Crippen LogP contribution in [-0.4, -0.2) is 13.2 Å². The number of anilines is 1. The van der Waals surface area contributed by atoms with Crippen LogP contribution in [0.2, 0.25) is 0 Å². The smallest absolute Gasteiger partial charge is 0.124 e. The Morgan fingerprint density at radius 2 is 1.90 bits per heavy atom. The molecule has 0 saturated carbocycles. The van der Waals surface area contributed by atoms with E-state index in [9.17, 15) is 0 Å². The molecule has 0 aromatic heterocycles. The van der Waals surface area contributed by atoms with Crippen LogP contribution < -0.4 is 14.8 Å². The third kappa shape index (κ3) is 4.39. The molecule has 0 aliphatic heterocycles. The van der Waals surface area contributed by atoms with Gasteiger partial charge in [-0.15, -0.1) is 0 Å². The summed E-state index contributed by atoms with van der Waals surface area (Å²) >= 11 is 3.54. The molecule has 0 spiro atoms. The highest BCUT2D eigenvalue weighted by Gasteiger charge is 2.07. The molecule has 0 aliphatic carbocycles. The first-order chi connectivity index (χ1) is 10.1. The van der Waals surface area contributed by atoms with Crippen LogP contribution in [0.4, 0.5) is 5.69 Å². The van der Waals surface area contributed by atoms with Gasteiger partial charge in [-0.25, -0.2) is 0 Å². The van der Waals surface area contributed by atoms with E-state index in [0.717, 1.165) is 27.2 Å². The molecule has 0 bridgehead atoms. The van der Waals surface area contributed by atoms with E-state index < -0.39 is 0 Å². The first kappa shape index (κ1) is 15.7. The number of hydrogen-bond donors (Lipinski definition) is 1. The van der Waals surface area contributed by atoms with E-state index in [2.05, 4.69) is 27.3 Å². The molecule has 0 heterocycles. The van der Waals surface area contributed by atoms with Gasteiger partial charge in [0.2, 0.25) is 0 Å². The molecular weight excluding hydrogens is 330 g/mol. The van der Waals surface area contributed by atoms with Gasteiger partial charge in [-0.05, 0) is 48.0 Å². The van der Waals surface area contributed by atoms with E-state index in [-0.39, 0.29) is 6.10 Å². The van der Waals surface area contributed by atoms with Crippen molar-refractivity contribution in [3.63, 3.8) is 0 Å². The van der Waals surface area contributed by atoms with Gasteiger partial charge < -0.3 is 14.8 Å². The van der Waals surface area contributed by atoms with Crippen molar-refractivity contribution in [3.05, 3.63) is 52.5 Å². The van der Waals surface area contributed by atoms with Crippen molar-refractivity contribution in [2.24, 2.45) is 0 Å². The molecule has 21 heavy (non-hydrogen) atoms. The van der Waals surface area contributed by atoms with Gasteiger partial charge in [0.15, 0.2) is 0 Å². The summed E-state index contributed by atoms with van der Waals surface area (Å²) < 4.78 is 12.1. The lowest BCUT2D eigenvalue weighted by molar-refractivity contribution is 0.240. The molecule has 0 fully saturated rings. The highest BCUT2D eigenvalue weighted by Crippen LogP contribution is 2.28. The topological polar surface area (TPSA) is 30.5 Å². The minimum atomic E-state index is 0.162. The molecule has 1 N–H and O–H groups in total. The molecular formula is C17H20BrNO2. The predicted octanol–water partition coefficient (Wildman–Crippen LogP) is 4.86. The van der Waals surface area contributed by atoms with E-state index in [1.165, 1.54) is 0 Å². The number of hydrogen-bond acceptors (Lipinski definition) is 3. The second-order valence-electron chi connectivity index (χ2n) is 4.97. The third-order valence-electron chi connectivity index (χ3n) is 2.98. The molecule has 2 aromatic rings. The molecule has 4 heteroatoms. The third-order valence-corrected chi connectivity index (χ3v) is 3.67. The Morgan fingerprint density at radius 1 is 1.14 bits per heavy atom. The Morgan fingerprint density at radius 3 is 2.62 bits per heavy atom. The molecule has 0 unspecified atom stereocenters. The van der Waals surface area contributed by atoms with Crippen molar-refractivity contribution in [2.45, 2.75) is 26.5 Å². The molecule has 0 radical (unpaired) electrons. The summed E-state index contributed by atoms with van der Waals surface area (Å²) in [7, 11) is 1.67. The summed E-state index contributed by atoms with van der Waals surface area (Å²) in [4.78, 5) is 0. The Balaban J connectivity index is 2.13. The van der Waals surface area contributed by atoms with Crippen LogP contribution in [-0.2, 0) is 6.54 Å². The van der Waals surface area contributed by atoms with Crippen LogP contribution in [0.3, 0.4) is 0 Å². The van der Waals surface area contributed by atoms with Crippen LogP contribution in [0.1, 0.15) is 19.4 Å². The van der Waals surface area contributed by atoms with Gasteiger partial charge in [0.25, 0.3) is 0 Å². The molecule has 0 amide bonds. The van der Waals surface area contributed by atoms with Gasteiger partial charge >= 0.3 is 0 Å². The Labute approximate surface area is 134 Å². The lowest BCUT2D eigenvalue weighted by Gasteiger charge is -2.16. The summed E-state index contributed by atoms with van der Waals surface area (Å²) in [6.07, 6.45) is 0.162. The van der Waals surface area contributed by atoms with Crippen LogP contribution in [0.15, 0.2) is 46.9 Å². The SMILES string of the molecule is COc1ccc(Br)c(NCc2ccccc2OC(C)C)c1. The second kappa shape index (κ2) is 7.36. The van der Waals surface area contributed by atoms with E-state index in [1.54, 1.807) is 7.11 Å². The van der Waals surface area contributed by atoms with Gasteiger partial charge in [0, 0.05) is 22.6 Å².